The van der Waals surface area contributed by atoms with Crippen molar-refractivity contribution in [2.45, 2.75) is 19.4 Å². The van der Waals surface area contributed by atoms with Gasteiger partial charge in [-0.2, -0.15) is 0 Å². The molecule has 1 aliphatic heterocycles. The smallest absolute Gasteiger partial charge is 0.220 e. The van der Waals surface area contributed by atoms with Crippen molar-refractivity contribution in [3.05, 3.63) is 54.0 Å². The van der Waals surface area contributed by atoms with E-state index in [0.29, 0.717) is 19.4 Å². The highest BCUT2D eigenvalue weighted by Crippen LogP contribution is 2.15. The molecule has 0 aliphatic carbocycles. The Kier molecular flexibility index (Phi) is 5.74. The van der Waals surface area contributed by atoms with E-state index in [0.717, 1.165) is 43.2 Å². The zero-order chi connectivity index (χ0) is 16.6. The summed E-state index contributed by atoms with van der Waals surface area (Å²) in [5.41, 5.74) is 2.18. The number of carbonyl (C=O) groups excluding carboxylic acids is 1. The predicted molar refractivity (Wildman–Crippen MR) is 91.7 cm³/mol. The van der Waals surface area contributed by atoms with Gasteiger partial charge >= 0.3 is 0 Å². The summed E-state index contributed by atoms with van der Waals surface area (Å²) in [7, 11) is 0. The number of ether oxygens (including phenoxy) is 1. The highest BCUT2D eigenvalue weighted by atomic mass is 16.5. The Hall–Kier alpha value is -2.47. The van der Waals surface area contributed by atoms with E-state index < -0.39 is 0 Å². The van der Waals surface area contributed by atoms with Crippen LogP contribution < -0.4 is 10.2 Å². The van der Waals surface area contributed by atoms with Gasteiger partial charge in [-0.05, 0) is 41.8 Å². The molecule has 126 valence electrons. The molecule has 1 N–H and O–H groups in total. The Morgan fingerprint density at radius 3 is 2.67 bits per heavy atom. The van der Waals surface area contributed by atoms with Crippen molar-refractivity contribution in [2.24, 2.45) is 0 Å². The number of amides is 1. The summed E-state index contributed by atoms with van der Waals surface area (Å²) >= 11 is 0. The average Bonchev–Trinajstić information content (AvgIpc) is 2.66. The molecule has 6 heteroatoms. The fourth-order valence-corrected chi connectivity index (χ4v) is 2.63. The highest BCUT2D eigenvalue weighted by molar-refractivity contribution is 5.76. The zero-order valence-electron chi connectivity index (χ0n) is 13.6. The molecule has 3 heterocycles. The van der Waals surface area contributed by atoms with E-state index >= 15 is 0 Å². The lowest BCUT2D eigenvalue weighted by Gasteiger charge is -2.28. The number of anilines is 1. The van der Waals surface area contributed by atoms with Gasteiger partial charge in [0.25, 0.3) is 0 Å². The number of pyridine rings is 2. The van der Waals surface area contributed by atoms with E-state index in [1.807, 2.05) is 24.4 Å². The van der Waals surface area contributed by atoms with Crippen molar-refractivity contribution in [1.82, 2.24) is 15.3 Å². The van der Waals surface area contributed by atoms with E-state index in [4.69, 9.17) is 4.74 Å². The first-order chi connectivity index (χ1) is 11.8. The number of morpholine rings is 1. The van der Waals surface area contributed by atoms with Crippen LogP contribution in [0.5, 0.6) is 0 Å². The maximum Gasteiger partial charge on any atom is 0.220 e. The molecule has 0 spiro atoms. The summed E-state index contributed by atoms with van der Waals surface area (Å²) in [4.78, 5) is 22.6. The second kappa shape index (κ2) is 8.40. The summed E-state index contributed by atoms with van der Waals surface area (Å²) in [5, 5.41) is 2.94. The molecule has 3 rings (SSSR count). The lowest BCUT2D eigenvalue weighted by atomic mass is 10.1. The third-order valence-corrected chi connectivity index (χ3v) is 4.02. The molecule has 0 aromatic carbocycles. The SMILES string of the molecule is O=C(CCc1ccnc(N2CCOCC2)c1)NCc1ccncc1. The van der Waals surface area contributed by atoms with Crippen molar-refractivity contribution in [3.8, 4) is 0 Å². The van der Waals surface area contributed by atoms with Gasteiger partial charge in [0.2, 0.25) is 5.91 Å². The summed E-state index contributed by atoms with van der Waals surface area (Å²) in [5.74, 6) is 1.02. The molecule has 1 aliphatic rings. The fourth-order valence-electron chi connectivity index (χ4n) is 2.63. The van der Waals surface area contributed by atoms with Crippen LogP contribution in [0.4, 0.5) is 5.82 Å². The normalized spacial score (nSPS) is 14.4. The third-order valence-electron chi connectivity index (χ3n) is 4.02. The lowest BCUT2D eigenvalue weighted by Crippen LogP contribution is -2.36. The van der Waals surface area contributed by atoms with Gasteiger partial charge in [-0.1, -0.05) is 0 Å². The van der Waals surface area contributed by atoms with E-state index in [9.17, 15) is 4.79 Å². The number of hydrogen-bond donors (Lipinski definition) is 1. The number of aromatic nitrogens is 2. The Bertz CT molecular complexity index is 657. The molecule has 1 fully saturated rings. The molecule has 6 nitrogen and oxygen atoms in total. The maximum absolute atomic E-state index is 12.0. The number of nitrogens with zero attached hydrogens (tertiary/aromatic N) is 3. The molecule has 1 saturated heterocycles. The van der Waals surface area contributed by atoms with Gasteiger partial charge in [-0.3, -0.25) is 9.78 Å². The largest absolute Gasteiger partial charge is 0.378 e. The first-order valence-corrected chi connectivity index (χ1v) is 8.24. The molecule has 24 heavy (non-hydrogen) atoms. The van der Waals surface area contributed by atoms with Crippen LogP contribution >= 0.6 is 0 Å². The minimum atomic E-state index is 0.0524. The van der Waals surface area contributed by atoms with Crippen molar-refractivity contribution in [3.63, 3.8) is 0 Å². The Morgan fingerprint density at radius 2 is 1.88 bits per heavy atom. The Morgan fingerprint density at radius 1 is 1.12 bits per heavy atom. The minimum Gasteiger partial charge on any atom is -0.378 e. The number of aryl methyl sites for hydroxylation is 1. The molecule has 0 saturated carbocycles. The molecule has 0 unspecified atom stereocenters. The maximum atomic E-state index is 12.0. The number of nitrogens with one attached hydrogen (secondary N) is 1. The monoisotopic (exact) mass is 326 g/mol. The van der Waals surface area contributed by atoms with Crippen LogP contribution in [0.15, 0.2) is 42.9 Å². The third kappa shape index (κ3) is 4.76. The standard InChI is InChI=1S/C18H22N4O2/c23-18(21-14-16-3-6-19-7-4-16)2-1-15-5-8-20-17(13-15)22-9-11-24-12-10-22/h3-8,13H,1-2,9-12,14H2,(H,21,23). The van der Waals surface area contributed by atoms with E-state index in [1.54, 1.807) is 12.4 Å². The van der Waals surface area contributed by atoms with Crippen LogP contribution in [0.25, 0.3) is 0 Å². The van der Waals surface area contributed by atoms with Gasteiger partial charge in [0.05, 0.1) is 13.2 Å². The van der Waals surface area contributed by atoms with Crippen LogP contribution in [0.2, 0.25) is 0 Å². The predicted octanol–water partition coefficient (Wildman–Crippen LogP) is 1.56. The van der Waals surface area contributed by atoms with E-state index in [-0.39, 0.29) is 5.91 Å². The van der Waals surface area contributed by atoms with Crippen molar-refractivity contribution >= 4 is 11.7 Å². The molecular formula is C18H22N4O2. The fraction of sp³-hybridized carbons (Fsp3) is 0.389. The van der Waals surface area contributed by atoms with Gasteiger partial charge in [-0.15, -0.1) is 0 Å². The van der Waals surface area contributed by atoms with E-state index in [1.165, 1.54) is 0 Å². The first kappa shape index (κ1) is 16.4. The molecular weight excluding hydrogens is 304 g/mol. The van der Waals surface area contributed by atoms with Gasteiger partial charge in [0.1, 0.15) is 5.82 Å². The second-order valence-electron chi connectivity index (χ2n) is 5.75. The first-order valence-electron chi connectivity index (χ1n) is 8.24. The molecule has 0 bridgehead atoms. The quantitative estimate of drug-likeness (QED) is 0.872. The van der Waals surface area contributed by atoms with Crippen LogP contribution in [-0.4, -0.2) is 42.2 Å². The summed E-state index contributed by atoms with van der Waals surface area (Å²) < 4.78 is 5.37. The van der Waals surface area contributed by atoms with E-state index in [2.05, 4.69) is 26.3 Å². The summed E-state index contributed by atoms with van der Waals surface area (Å²) in [6.45, 7) is 3.75. The minimum absolute atomic E-state index is 0.0524. The van der Waals surface area contributed by atoms with Gasteiger partial charge in [0, 0.05) is 44.6 Å². The Balaban J connectivity index is 1.48. The number of rotatable bonds is 6. The topological polar surface area (TPSA) is 67.4 Å². The Labute approximate surface area is 141 Å². The lowest BCUT2D eigenvalue weighted by molar-refractivity contribution is -0.121. The van der Waals surface area contributed by atoms with Crippen LogP contribution in [0, 0.1) is 0 Å². The molecule has 0 atom stereocenters. The van der Waals surface area contributed by atoms with Crippen LogP contribution in [0.3, 0.4) is 0 Å². The summed E-state index contributed by atoms with van der Waals surface area (Å²) in [6.07, 6.45) is 6.45. The number of hydrogen-bond acceptors (Lipinski definition) is 5. The molecule has 2 aromatic heterocycles. The average molecular weight is 326 g/mol. The van der Waals surface area contributed by atoms with Gasteiger partial charge in [0.15, 0.2) is 0 Å². The second-order valence-corrected chi connectivity index (χ2v) is 5.75. The van der Waals surface area contributed by atoms with Crippen molar-refractivity contribution < 1.29 is 9.53 Å². The highest BCUT2D eigenvalue weighted by Gasteiger charge is 2.12. The van der Waals surface area contributed by atoms with Gasteiger partial charge in [-0.25, -0.2) is 4.98 Å². The molecule has 0 radical (unpaired) electrons. The van der Waals surface area contributed by atoms with Crippen LogP contribution in [-0.2, 0) is 22.5 Å². The van der Waals surface area contributed by atoms with Gasteiger partial charge < -0.3 is 15.0 Å². The molecule has 1 amide bonds. The van der Waals surface area contributed by atoms with Crippen molar-refractivity contribution in [2.75, 3.05) is 31.2 Å². The molecule has 2 aromatic rings. The number of carbonyl (C=O) groups is 1. The summed E-state index contributed by atoms with van der Waals surface area (Å²) in [6, 6.07) is 7.84. The van der Waals surface area contributed by atoms with Crippen LogP contribution in [0.1, 0.15) is 17.5 Å². The van der Waals surface area contributed by atoms with Crippen molar-refractivity contribution in [1.29, 1.82) is 0 Å². The zero-order valence-corrected chi connectivity index (χ0v) is 13.6.